The Hall–Kier alpha value is -2.01. The zero-order valence-electron chi connectivity index (χ0n) is 11.9. The van der Waals surface area contributed by atoms with Gasteiger partial charge in [0.05, 0.1) is 18.1 Å². The van der Waals surface area contributed by atoms with E-state index in [1.165, 1.54) is 12.3 Å². The van der Waals surface area contributed by atoms with Crippen molar-refractivity contribution in [1.29, 1.82) is 0 Å². The molecule has 0 saturated heterocycles. The third kappa shape index (κ3) is 4.28. The van der Waals surface area contributed by atoms with E-state index in [1.807, 2.05) is 0 Å². The van der Waals surface area contributed by atoms with Gasteiger partial charge in [0.25, 0.3) is 0 Å². The number of hydrogen-bond acceptors (Lipinski definition) is 4. The average Bonchev–Trinajstić information content (AvgIpc) is 2.40. The van der Waals surface area contributed by atoms with Crippen molar-refractivity contribution in [3.05, 3.63) is 48.2 Å². The van der Waals surface area contributed by atoms with Crippen LogP contribution in [0.4, 0.5) is 4.39 Å². The zero-order chi connectivity index (χ0) is 14.6. The number of benzene rings is 1. The standard InChI is InChI=1S/C15H18FN3O/c1-15(2,3)19-9-11-8-18-14(10-17-11)20-13-7-5-4-6-12(13)16/h4-8,10,19H,9H2,1-3H3. The summed E-state index contributed by atoms with van der Waals surface area (Å²) in [6.07, 6.45) is 3.11. The molecule has 2 rings (SSSR count). The van der Waals surface area contributed by atoms with Crippen molar-refractivity contribution < 1.29 is 9.13 Å². The molecule has 0 atom stereocenters. The molecule has 0 aliphatic heterocycles. The number of nitrogens with zero attached hydrogens (tertiary/aromatic N) is 2. The largest absolute Gasteiger partial charge is 0.434 e. The number of hydrogen-bond donors (Lipinski definition) is 1. The predicted molar refractivity (Wildman–Crippen MR) is 75.1 cm³/mol. The molecule has 1 heterocycles. The molecule has 0 saturated carbocycles. The summed E-state index contributed by atoms with van der Waals surface area (Å²) < 4.78 is 18.8. The molecule has 20 heavy (non-hydrogen) atoms. The minimum atomic E-state index is -0.423. The average molecular weight is 275 g/mol. The van der Waals surface area contributed by atoms with Crippen molar-refractivity contribution in [3.8, 4) is 11.6 Å². The number of ether oxygens (including phenoxy) is 1. The summed E-state index contributed by atoms with van der Waals surface area (Å²) in [5, 5.41) is 3.31. The Morgan fingerprint density at radius 1 is 1.15 bits per heavy atom. The van der Waals surface area contributed by atoms with E-state index in [0.717, 1.165) is 5.69 Å². The highest BCUT2D eigenvalue weighted by atomic mass is 19.1. The van der Waals surface area contributed by atoms with Crippen molar-refractivity contribution in [3.63, 3.8) is 0 Å². The number of rotatable bonds is 4. The van der Waals surface area contributed by atoms with Crippen LogP contribution < -0.4 is 10.1 Å². The molecule has 0 unspecified atom stereocenters. The molecule has 0 bridgehead atoms. The number of nitrogens with one attached hydrogen (secondary N) is 1. The molecule has 0 fully saturated rings. The van der Waals surface area contributed by atoms with Gasteiger partial charge >= 0.3 is 0 Å². The summed E-state index contributed by atoms with van der Waals surface area (Å²) in [6, 6.07) is 6.19. The van der Waals surface area contributed by atoms with Crippen LogP contribution in [-0.4, -0.2) is 15.5 Å². The van der Waals surface area contributed by atoms with Crippen LogP contribution in [0.15, 0.2) is 36.7 Å². The fourth-order valence-electron chi connectivity index (χ4n) is 1.48. The number of para-hydroxylation sites is 1. The third-order valence-electron chi connectivity index (χ3n) is 2.53. The Kier molecular flexibility index (Phi) is 4.29. The molecule has 1 aromatic carbocycles. The van der Waals surface area contributed by atoms with Gasteiger partial charge in [-0.1, -0.05) is 12.1 Å². The van der Waals surface area contributed by atoms with E-state index in [1.54, 1.807) is 24.4 Å². The first kappa shape index (κ1) is 14.4. The first-order valence-corrected chi connectivity index (χ1v) is 6.42. The lowest BCUT2D eigenvalue weighted by molar-refractivity contribution is 0.414. The first-order valence-electron chi connectivity index (χ1n) is 6.42. The second-order valence-corrected chi connectivity index (χ2v) is 5.48. The fourth-order valence-corrected chi connectivity index (χ4v) is 1.48. The van der Waals surface area contributed by atoms with Gasteiger partial charge in [-0.25, -0.2) is 9.37 Å². The summed E-state index contributed by atoms with van der Waals surface area (Å²) in [7, 11) is 0. The highest BCUT2D eigenvalue weighted by Gasteiger charge is 2.09. The highest BCUT2D eigenvalue weighted by molar-refractivity contribution is 5.27. The molecule has 2 aromatic rings. The van der Waals surface area contributed by atoms with E-state index in [-0.39, 0.29) is 17.2 Å². The lowest BCUT2D eigenvalue weighted by atomic mass is 10.1. The van der Waals surface area contributed by atoms with E-state index in [0.29, 0.717) is 6.54 Å². The van der Waals surface area contributed by atoms with Crippen LogP contribution in [0.25, 0.3) is 0 Å². The van der Waals surface area contributed by atoms with Gasteiger partial charge in [0.1, 0.15) is 0 Å². The predicted octanol–water partition coefficient (Wildman–Crippen LogP) is 3.30. The molecule has 0 radical (unpaired) electrons. The molecule has 4 nitrogen and oxygen atoms in total. The second kappa shape index (κ2) is 5.96. The molecule has 0 aliphatic carbocycles. The van der Waals surface area contributed by atoms with Crippen LogP contribution in [0.3, 0.4) is 0 Å². The van der Waals surface area contributed by atoms with Gasteiger partial charge in [0, 0.05) is 12.1 Å². The van der Waals surface area contributed by atoms with Gasteiger partial charge in [-0.2, -0.15) is 0 Å². The van der Waals surface area contributed by atoms with Crippen molar-refractivity contribution in [2.24, 2.45) is 0 Å². The van der Waals surface area contributed by atoms with E-state index in [9.17, 15) is 4.39 Å². The van der Waals surface area contributed by atoms with Crippen molar-refractivity contribution in [2.75, 3.05) is 0 Å². The Morgan fingerprint density at radius 3 is 2.50 bits per heavy atom. The second-order valence-electron chi connectivity index (χ2n) is 5.48. The molecule has 5 heteroatoms. The Morgan fingerprint density at radius 2 is 1.90 bits per heavy atom. The van der Waals surface area contributed by atoms with E-state index < -0.39 is 5.82 Å². The zero-order valence-corrected chi connectivity index (χ0v) is 11.9. The minimum absolute atomic E-state index is 0.0179. The number of halogens is 1. The number of aromatic nitrogens is 2. The van der Waals surface area contributed by atoms with Crippen molar-refractivity contribution in [2.45, 2.75) is 32.9 Å². The van der Waals surface area contributed by atoms with Crippen LogP contribution in [-0.2, 0) is 6.54 Å². The van der Waals surface area contributed by atoms with Crippen LogP contribution >= 0.6 is 0 Å². The monoisotopic (exact) mass is 275 g/mol. The summed E-state index contributed by atoms with van der Waals surface area (Å²) >= 11 is 0. The van der Waals surface area contributed by atoms with E-state index >= 15 is 0 Å². The van der Waals surface area contributed by atoms with Crippen LogP contribution in [0.2, 0.25) is 0 Å². The van der Waals surface area contributed by atoms with Gasteiger partial charge in [-0.3, -0.25) is 4.98 Å². The fraction of sp³-hybridized carbons (Fsp3) is 0.333. The summed E-state index contributed by atoms with van der Waals surface area (Å²) in [6.45, 7) is 6.86. The summed E-state index contributed by atoms with van der Waals surface area (Å²) in [4.78, 5) is 8.36. The molecule has 0 aliphatic rings. The smallest absolute Gasteiger partial charge is 0.237 e. The SMILES string of the molecule is CC(C)(C)NCc1cnc(Oc2ccccc2F)cn1. The van der Waals surface area contributed by atoms with Crippen LogP contribution in [0.1, 0.15) is 26.5 Å². The molecule has 106 valence electrons. The van der Waals surface area contributed by atoms with Gasteiger partial charge < -0.3 is 10.1 Å². The van der Waals surface area contributed by atoms with E-state index in [2.05, 4.69) is 36.1 Å². The lowest BCUT2D eigenvalue weighted by Crippen LogP contribution is -2.35. The topological polar surface area (TPSA) is 47.0 Å². The third-order valence-corrected chi connectivity index (χ3v) is 2.53. The Balaban J connectivity index is 2.00. The highest BCUT2D eigenvalue weighted by Crippen LogP contribution is 2.21. The molecule has 1 N–H and O–H groups in total. The molecule has 1 aromatic heterocycles. The lowest BCUT2D eigenvalue weighted by Gasteiger charge is -2.19. The maximum atomic E-state index is 13.4. The normalized spacial score (nSPS) is 11.4. The van der Waals surface area contributed by atoms with Gasteiger partial charge in [0.15, 0.2) is 11.6 Å². The summed E-state index contributed by atoms with van der Waals surface area (Å²) in [5.41, 5.74) is 0.824. The Bertz CT molecular complexity index is 564. The molecule has 0 amide bonds. The van der Waals surface area contributed by atoms with Crippen LogP contribution in [0.5, 0.6) is 11.6 Å². The van der Waals surface area contributed by atoms with Crippen LogP contribution in [0, 0.1) is 5.82 Å². The van der Waals surface area contributed by atoms with E-state index in [4.69, 9.17) is 4.74 Å². The molecular weight excluding hydrogens is 257 g/mol. The van der Waals surface area contributed by atoms with Crippen molar-refractivity contribution in [1.82, 2.24) is 15.3 Å². The first-order chi connectivity index (χ1) is 9.44. The molecular formula is C15H18FN3O. The van der Waals surface area contributed by atoms with Gasteiger partial charge in [-0.05, 0) is 32.9 Å². The van der Waals surface area contributed by atoms with Gasteiger partial charge in [-0.15, -0.1) is 0 Å². The summed E-state index contributed by atoms with van der Waals surface area (Å²) in [5.74, 6) is -0.00949. The Labute approximate surface area is 118 Å². The quantitative estimate of drug-likeness (QED) is 0.930. The van der Waals surface area contributed by atoms with Crippen molar-refractivity contribution >= 4 is 0 Å². The maximum Gasteiger partial charge on any atom is 0.237 e. The van der Waals surface area contributed by atoms with Gasteiger partial charge in [0.2, 0.25) is 5.88 Å². The maximum absolute atomic E-state index is 13.4. The molecule has 0 spiro atoms. The minimum Gasteiger partial charge on any atom is -0.434 e.